The second-order valence-corrected chi connectivity index (χ2v) is 4.29. The van der Waals surface area contributed by atoms with Crippen molar-refractivity contribution >= 4 is 17.6 Å². The molecular weight excluding hydrogens is 262 g/mol. The molecule has 1 amide bonds. The number of aromatic carboxylic acids is 1. The van der Waals surface area contributed by atoms with E-state index < -0.39 is 11.9 Å². The maximum absolute atomic E-state index is 12.1. The zero-order valence-corrected chi connectivity index (χ0v) is 10.9. The summed E-state index contributed by atoms with van der Waals surface area (Å²) in [6.45, 7) is 1.75. The molecule has 0 spiro atoms. The standard InChI is InChI=1S/C13H13N3O4/c1-7-5-10(16(2)15-7)12(18)14-9-6-8(13(19)20)3-4-11(9)17/h3-6,17H,1-2H3,(H,14,18)(H,19,20). The number of nitrogens with one attached hydrogen (secondary N) is 1. The topological polar surface area (TPSA) is 104 Å². The highest BCUT2D eigenvalue weighted by atomic mass is 16.4. The van der Waals surface area contributed by atoms with Crippen molar-refractivity contribution in [1.29, 1.82) is 0 Å². The lowest BCUT2D eigenvalue weighted by molar-refractivity contribution is 0.0696. The van der Waals surface area contributed by atoms with Gasteiger partial charge in [0, 0.05) is 7.05 Å². The number of amides is 1. The molecule has 0 aliphatic carbocycles. The number of carboxylic acid groups (broad SMARTS) is 1. The van der Waals surface area contributed by atoms with Gasteiger partial charge in [-0.1, -0.05) is 0 Å². The van der Waals surface area contributed by atoms with Crippen LogP contribution in [-0.2, 0) is 7.05 Å². The number of phenolic OH excluding ortho intramolecular Hbond substituents is 1. The number of aryl methyl sites for hydroxylation is 2. The fraction of sp³-hybridized carbons (Fsp3) is 0.154. The van der Waals surface area contributed by atoms with E-state index in [-0.39, 0.29) is 17.0 Å². The van der Waals surface area contributed by atoms with E-state index >= 15 is 0 Å². The lowest BCUT2D eigenvalue weighted by Gasteiger charge is -2.08. The number of carbonyl (C=O) groups is 2. The molecule has 0 radical (unpaired) electrons. The summed E-state index contributed by atoms with van der Waals surface area (Å²) in [5, 5.41) is 25.1. The number of aromatic hydroxyl groups is 1. The minimum atomic E-state index is -1.14. The van der Waals surface area contributed by atoms with Crippen molar-refractivity contribution < 1.29 is 19.8 Å². The van der Waals surface area contributed by atoms with E-state index in [9.17, 15) is 14.7 Å². The summed E-state index contributed by atoms with van der Waals surface area (Å²) in [5.74, 6) is -1.83. The van der Waals surface area contributed by atoms with Gasteiger partial charge in [-0.05, 0) is 31.2 Å². The van der Waals surface area contributed by atoms with Gasteiger partial charge in [-0.3, -0.25) is 9.48 Å². The first-order valence-corrected chi connectivity index (χ1v) is 5.77. The zero-order valence-electron chi connectivity index (χ0n) is 10.9. The van der Waals surface area contributed by atoms with Gasteiger partial charge in [0.15, 0.2) is 0 Å². The summed E-state index contributed by atoms with van der Waals surface area (Å²) >= 11 is 0. The van der Waals surface area contributed by atoms with E-state index in [0.29, 0.717) is 11.4 Å². The monoisotopic (exact) mass is 275 g/mol. The minimum absolute atomic E-state index is 0.0284. The van der Waals surface area contributed by atoms with E-state index in [1.165, 1.54) is 22.9 Å². The fourth-order valence-electron chi connectivity index (χ4n) is 1.78. The van der Waals surface area contributed by atoms with E-state index in [2.05, 4.69) is 10.4 Å². The van der Waals surface area contributed by atoms with Gasteiger partial charge in [-0.2, -0.15) is 5.10 Å². The molecule has 2 rings (SSSR count). The molecule has 3 N–H and O–H groups in total. The molecule has 0 bridgehead atoms. The van der Waals surface area contributed by atoms with Crippen LogP contribution in [0.3, 0.4) is 0 Å². The number of phenols is 1. The van der Waals surface area contributed by atoms with Crippen molar-refractivity contribution in [1.82, 2.24) is 9.78 Å². The molecule has 0 aliphatic rings. The molecule has 0 saturated carbocycles. The van der Waals surface area contributed by atoms with Crippen LogP contribution in [0.25, 0.3) is 0 Å². The predicted octanol–water partition coefficient (Wildman–Crippen LogP) is 1.38. The molecule has 0 aliphatic heterocycles. The maximum Gasteiger partial charge on any atom is 0.335 e. The van der Waals surface area contributed by atoms with Gasteiger partial charge in [0.05, 0.1) is 16.9 Å². The molecule has 0 fully saturated rings. The van der Waals surface area contributed by atoms with Crippen LogP contribution >= 0.6 is 0 Å². The average Bonchev–Trinajstić information content (AvgIpc) is 2.71. The quantitative estimate of drug-likeness (QED) is 0.734. The van der Waals surface area contributed by atoms with E-state index in [0.717, 1.165) is 0 Å². The van der Waals surface area contributed by atoms with Crippen LogP contribution in [0.15, 0.2) is 24.3 Å². The first-order chi connectivity index (χ1) is 9.38. The molecule has 20 heavy (non-hydrogen) atoms. The predicted molar refractivity (Wildman–Crippen MR) is 71.0 cm³/mol. The third-order valence-electron chi connectivity index (χ3n) is 2.73. The molecule has 7 heteroatoms. The Morgan fingerprint density at radius 3 is 2.55 bits per heavy atom. The highest BCUT2D eigenvalue weighted by Crippen LogP contribution is 2.24. The molecule has 7 nitrogen and oxygen atoms in total. The van der Waals surface area contributed by atoms with Crippen LogP contribution < -0.4 is 5.32 Å². The fourth-order valence-corrected chi connectivity index (χ4v) is 1.78. The molecule has 2 aromatic rings. The van der Waals surface area contributed by atoms with E-state index in [1.807, 2.05) is 0 Å². The molecule has 1 aromatic heterocycles. The summed E-state index contributed by atoms with van der Waals surface area (Å²) in [4.78, 5) is 22.9. The number of hydrogen-bond donors (Lipinski definition) is 3. The van der Waals surface area contributed by atoms with Gasteiger partial charge in [0.2, 0.25) is 0 Å². The van der Waals surface area contributed by atoms with Crippen LogP contribution in [0.4, 0.5) is 5.69 Å². The van der Waals surface area contributed by atoms with Crippen LogP contribution in [0.5, 0.6) is 5.75 Å². The van der Waals surface area contributed by atoms with Crippen molar-refractivity contribution in [3.63, 3.8) is 0 Å². The lowest BCUT2D eigenvalue weighted by atomic mass is 10.2. The summed E-state index contributed by atoms with van der Waals surface area (Å²) in [6, 6.07) is 5.25. The number of hydrogen-bond acceptors (Lipinski definition) is 4. The Labute approximate surface area is 114 Å². The van der Waals surface area contributed by atoms with E-state index in [1.54, 1.807) is 20.0 Å². The Balaban J connectivity index is 2.30. The largest absolute Gasteiger partial charge is 0.506 e. The van der Waals surface area contributed by atoms with E-state index in [4.69, 9.17) is 5.11 Å². The molecular formula is C13H13N3O4. The summed E-state index contributed by atoms with van der Waals surface area (Å²) in [6.07, 6.45) is 0. The number of aromatic nitrogens is 2. The second kappa shape index (κ2) is 5.04. The van der Waals surface area contributed by atoms with Gasteiger partial charge < -0.3 is 15.5 Å². The van der Waals surface area contributed by atoms with Crippen LogP contribution in [-0.4, -0.2) is 31.9 Å². The van der Waals surface area contributed by atoms with Crippen LogP contribution in [0, 0.1) is 6.92 Å². The number of benzene rings is 1. The molecule has 0 saturated heterocycles. The number of anilines is 1. The Bertz CT molecular complexity index is 691. The normalized spacial score (nSPS) is 10.3. The average molecular weight is 275 g/mol. The van der Waals surface area contributed by atoms with Crippen LogP contribution in [0.1, 0.15) is 26.5 Å². The van der Waals surface area contributed by atoms with Crippen molar-refractivity contribution in [3.05, 3.63) is 41.2 Å². The molecule has 104 valence electrons. The summed E-state index contributed by atoms with van der Waals surface area (Å²) in [7, 11) is 1.62. The SMILES string of the molecule is Cc1cc(C(=O)Nc2cc(C(=O)O)ccc2O)n(C)n1. The number of rotatable bonds is 3. The second-order valence-electron chi connectivity index (χ2n) is 4.29. The van der Waals surface area contributed by atoms with Gasteiger partial charge in [0.25, 0.3) is 5.91 Å². The van der Waals surface area contributed by atoms with Gasteiger partial charge in [-0.15, -0.1) is 0 Å². The highest BCUT2D eigenvalue weighted by Gasteiger charge is 2.15. The van der Waals surface area contributed by atoms with Crippen molar-refractivity contribution in [2.45, 2.75) is 6.92 Å². The molecule has 0 unspecified atom stereocenters. The third kappa shape index (κ3) is 2.61. The molecule has 1 heterocycles. The Morgan fingerprint density at radius 1 is 1.30 bits per heavy atom. The van der Waals surface area contributed by atoms with Gasteiger partial charge in [-0.25, -0.2) is 4.79 Å². The Hall–Kier alpha value is -2.83. The zero-order chi connectivity index (χ0) is 14.9. The molecule has 1 aromatic carbocycles. The van der Waals surface area contributed by atoms with Crippen molar-refractivity contribution in [2.75, 3.05) is 5.32 Å². The third-order valence-corrected chi connectivity index (χ3v) is 2.73. The molecule has 0 atom stereocenters. The maximum atomic E-state index is 12.1. The minimum Gasteiger partial charge on any atom is -0.506 e. The smallest absolute Gasteiger partial charge is 0.335 e. The van der Waals surface area contributed by atoms with Crippen LogP contribution in [0.2, 0.25) is 0 Å². The van der Waals surface area contributed by atoms with Crippen molar-refractivity contribution in [2.24, 2.45) is 7.05 Å². The lowest BCUT2D eigenvalue weighted by Crippen LogP contribution is -2.16. The van der Waals surface area contributed by atoms with Gasteiger partial charge in [0.1, 0.15) is 11.4 Å². The Kier molecular flexibility index (Phi) is 3.43. The number of nitrogens with zero attached hydrogens (tertiary/aromatic N) is 2. The summed E-state index contributed by atoms with van der Waals surface area (Å²) in [5.41, 5.74) is 0.997. The highest BCUT2D eigenvalue weighted by molar-refractivity contribution is 6.04. The number of carbonyl (C=O) groups excluding carboxylic acids is 1. The van der Waals surface area contributed by atoms with Crippen molar-refractivity contribution in [3.8, 4) is 5.75 Å². The Morgan fingerprint density at radius 2 is 2.00 bits per heavy atom. The first-order valence-electron chi connectivity index (χ1n) is 5.77. The number of carboxylic acids is 1. The summed E-state index contributed by atoms with van der Waals surface area (Å²) < 4.78 is 1.41. The first kappa shape index (κ1) is 13.6. The van der Waals surface area contributed by atoms with Gasteiger partial charge >= 0.3 is 5.97 Å².